The second-order valence-electron chi connectivity index (χ2n) is 9.18. The second kappa shape index (κ2) is 11.8. The molecule has 2 aromatic heterocycles. The lowest BCUT2D eigenvalue weighted by molar-refractivity contribution is -0.194. The molecule has 0 bridgehead atoms. The fourth-order valence-corrected chi connectivity index (χ4v) is 5.55. The van der Waals surface area contributed by atoms with Gasteiger partial charge in [0.25, 0.3) is 5.34 Å². The first-order valence-electron chi connectivity index (χ1n) is 11.8. The molecule has 6 atom stereocenters. The highest BCUT2D eigenvalue weighted by atomic mass is 35.5. The summed E-state index contributed by atoms with van der Waals surface area (Å²) in [5.41, 5.74) is 0.274. The molecule has 16 heteroatoms. The number of carboxylic acid groups (broad SMARTS) is 1. The summed E-state index contributed by atoms with van der Waals surface area (Å²) in [4.78, 5) is 31.5. The minimum Gasteiger partial charge on any atom is -0.593 e. The van der Waals surface area contributed by atoms with Gasteiger partial charge in [0.05, 0.1) is 24.6 Å². The maximum Gasteiger partial charge on any atom is 0.347 e. The number of hydrogen-bond donors (Lipinski definition) is 4. The quantitative estimate of drug-likeness (QED) is 0.209. The van der Waals surface area contributed by atoms with E-state index in [1.165, 1.54) is 18.0 Å². The molecule has 0 radical (unpaired) electrons. The summed E-state index contributed by atoms with van der Waals surface area (Å²) in [5.74, 6) is -0.704. The van der Waals surface area contributed by atoms with E-state index in [1.807, 2.05) is 0 Å². The minimum absolute atomic E-state index is 0.0373. The number of rotatable bonds is 12. The van der Waals surface area contributed by atoms with Gasteiger partial charge in [-0.3, -0.25) is 4.79 Å². The molecule has 1 saturated heterocycles. The van der Waals surface area contributed by atoms with Gasteiger partial charge < -0.3 is 39.7 Å². The number of aliphatic carboxylic acids is 1. The molecule has 2 fully saturated rings. The Balaban J connectivity index is 1.53. The Bertz CT molecular complexity index is 1130. The lowest BCUT2D eigenvalue weighted by Crippen LogP contribution is -2.42. The highest BCUT2D eigenvalue weighted by molar-refractivity contribution is 7.38. The summed E-state index contributed by atoms with van der Waals surface area (Å²) in [6.07, 6.45) is -0.406. The highest BCUT2D eigenvalue weighted by Crippen LogP contribution is 2.40. The summed E-state index contributed by atoms with van der Waals surface area (Å²) in [5, 5.41) is 36.6. The molecule has 37 heavy (non-hydrogen) atoms. The standard InChI is InChI=1S/C21H29ClN5O9P/c1-34-10-21(37(32)33,7-6-14(28)29)35-9-13-15(30)16(31)19(36-13)27-18-12(8-23-27)17(25-20(22)26-18)24-11-4-2-3-5-11/h8,11,13,15-16,19,30-31H,2-7,9-10H2,1H3,(H,28,29)(H,24,25,26)/t13-,15-,16-,19-,21?/m1/s1. The Morgan fingerprint density at radius 3 is 2.73 bits per heavy atom. The lowest BCUT2D eigenvalue weighted by atomic mass is 10.1. The molecular weight excluding hydrogens is 533 g/mol. The van der Waals surface area contributed by atoms with E-state index in [9.17, 15) is 24.5 Å². The van der Waals surface area contributed by atoms with Gasteiger partial charge in [0, 0.05) is 19.6 Å². The fraction of sp³-hybridized carbons (Fsp3) is 0.714. The highest BCUT2D eigenvalue weighted by Gasteiger charge is 2.50. The van der Waals surface area contributed by atoms with E-state index >= 15 is 0 Å². The first kappa shape index (κ1) is 28.0. The number of hydrogen-bond acceptors (Lipinski definition) is 12. The molecule has 0 amide bonds. The van der Waals surface area contributed by atoms with Crippen LogP contribution in [0, 0.1) is 0 Å². The van der Waals surface area contributed by atoms with Crippen LogP contribution >= 0.6 is 19.6 Å². The summed E-state index contributed by atoms with van der Waals surface area (Å²) >= 11 is 6.16. The van der Waals surface area contributed by atoms with E-state index in [1.54, 1.807) is 0 Å². The van der Waals surface area contributed by atoms with Crippen molar-refractivity contribution in [1.82, 2.24) is 19.7 Å². The van der Waals surface area contributed by atoms with E-state index in [0.717, 1.165) is 25.7 Å². The smallest absolute Gasteiger partial charge is 0.347 e. The van der Waals surface area contributed by atoms with Gasteiger partial charge in [-0.05, 0) is 24.4 Å². The maximum atomic E-state index is 12.0. The molecule has 204 valence electrons. The molecule has 0 spiro atoms. The van der Waals surface area contributed by atoms with Gasteiger partial charge in [-0.25, -0.2) is 4.68 Å². The molecule has 1 aliphatic carbocycles. The maximum absolute atomic E-state index is 12.0. The van der Waals surface area contributed by atoms with Crippen LogP contribution in [0.25, 0.3) is 11.0 Å². The number of anilines is 1. The number of aliphatic hydroxyl groups is 2. The number of methoxy groups -OCH3 is 1. The van der Waals surface area contributed by atoms with Crippen molar-refractivity contribution in [2.75, 3.05) is 25.6 Å². The largest absolute Gasteiger partial charge is 0.593 e. The topological polar surface area (TPSA) is 201 Å². The first-order chi connectivity index (χ1) is 17.6. The second-order valence-corrected chi connectivity index (χ2v) is 10.8. The number of carbonyl (C=O) groups is 1. The molecule has 2 aliphatic rings. The van der Waals surface area contributed by atoms with Crippen molar-refractivity contribution in [1.29, 1.82) is 0 Å². The number of aliphatic hydroxyl groups excluding tert-OH is 2. The van der Waals surface area contributed by atoms with Crippen molar-refractivity contribution < 1.29 is 43.8 Å². The number of nitrogens with one attached hydrogen (secondary N) is 1. The van der Waals surface area contributed by atoms with Crippen LogP contribution in [0.5, 0.6) is 0 Å². The summed E-state index contributed by atoms with van der Waals surface area (Å²) in [6.45, 7) is -0.895. The normalized spacial score (nSPS) is 26.5. The van der Waals surface area contributed by atoms with Crippen LogP contribution in [0.4, 0.5) is 5.82 Å². The van der Waals surface area contributed by atoms with E-state index in [2.05, 4.69) is 20.4 Å². The fourth-order valence-electron chi connectivity index (χ4n) is 4.68. The van der Waals surface area contributed by atoms with E-state index in [-0.39, 0.29) is 23.4 Å². The van der Waals surface area contributed by atoms with Gasteiger partial charge in [0.15, 0.2) is 11.9 Å². The van der Waals surface area contributed by atoms with E-state index in [0.29, 0.717) is 11.2 Å². The molecule has 2 aromatic rings. The number of ether oxygens (including phenoxy) is 3. The van der Waals surface area contributed by atoms with Gasteiger partial charge in [0.2, 0.25) is 5.28 Å². The monoisotopic (exact) mass is 561 g/mol. The Morgan fingerprint density at radius 2 is 2.08 bits per heavy atom. The van der Waals surface area contributed by atoms with Gasteiger partial charge in [-0.1, -0.05) is 17.4 Å². The zero-order chi connectivity index (χ0) is 26.7. The third-order valence-electron chi connectivity index (χ3n) is 6.65. The van der Waals surface area contributed by atoms with Gasteiger partial charge in [0.1, 0.15) is 30.7 Å². The predicted octanol–water partition coefficient (Wildman–Crippen LogP) is 0.780. The molecule has 2 unspecified atom stereocenters. The zero-order valence-corrected chi connectivity index (χ0v) is 21.7. The average Bonchev–Trinajstić information content (AvgIpc) is 3.57. The average molecular weight is 562 g/mol. The van der Waals surface area contributed by atoms with Crippen LogP contribution in [0.3, 0.4) is 0 Å². The van der Waals surface area contributed by atoms with Crippen molar-refractivity contribution in [2.24, 2.45) is 0 Å². The van der Waals surface area contributed by atoms with Crippen LogP contribution in [0.2, 0.25) is 5.28 Å². The van der Waals surface area contributed by atoms with Gasteiger partial charge in [-0.15, -0.1) is 0 Å². The van der Waals surface area contributed by atoms with Crippen LogP contribution in [-0.2, 0) is 23.6 Å². The third kappa shape index (κ3) is 6.02. The summed E-state index contributed by atoms with van der Waals surface area (Å²) in [6, 6.07) is 0.246. The molecule has 14 nitrogen and oxygen atoms in total. The van der Waals surface area contributed by atoms with E-state index < -0.39 is 63.5 Å². The molecule has 1 aliphatic heterocycles. The summed E-state index contributed by atoms with van der Waals surface area (Å²) < 4.78 is 29.6. The SMILES string of the molecule is COCC(CCC(=O)O)(OC[C@H]1O[C@@H](n2ncc3c(NC4CCCC4)nc(Cl)nc32)[C@H](O)[C@@H]1O)[P+](=O)[O-]. The molecule has 4 N–H and O–H groups in total. The number of aromatic nitrogens is 4. The first-order valence-corrected chi connectivity index (χ1v) is 13.4. The van der Waals surface area contributed by atoms with Crippen molar-refractivity contribution in [3.63, 3.8) is 0 Å². The number of nitrogens with zero attached hydrogens (tertiary/aromatic N) is 4. The number of fused-ring (bicyclic) bond motifs is 1. The molecule has 3 heterocycles. The van der Waals surface area contributed by atoms with Gasteiger partial charge >= 0.3 is 14.0 Å². The van der Waals surface area contributed by atoms with Gasteiger partial charge in [-0.2, -0.15) is 15.1 Å². The number of halogens is 1. The Labute approximate surface area is 217 Å². The Morgan fingerprint density at radius 1 is 1.35 bits per heavy atom. The molecule has 1 saturated carbocycles. The van der Waals surface area contributed by atoms with Crippen LogP contribution in [0.15, 0.2) is 6.20 Å². The molecule has 0 aromatic carbocycles. The number of carboxylic acids is 1. The predicted molar refractivity (Wildman–Crippen MR) is 127 cm³/mol. The van der Waals surface area contributed by atoms with Crippen molar-refractivity contribution in [3.8, 4) is 0 Å². The zero-order valence-electron chi connectivity index (χ0n) is 20.0. The Kier molecular flexibility index (Phi) is 8.92. The minimum atomic E-state index is -3.28. The van der Waals surface area contributed by atoms with Crippen LogP contribution < -0.4 is 10.2 Å². The Hall–Kier alpha value is -2.03. The van der Waals surface area contributed by atoms with Crippen LogP contribution in [-0.4, -0.2) is 91.1 Å². The van der Waals surface area contributed by atoms with E-state index in [4.69, 9.17) is 30.9 Å². The van der Waals surface area contributed by atoms with Crippen LogP contribution in [0.1, 0.15) is 44.8 Å². The lowest BCUT2D eigenvalue weighted by Gasteiger charge is -2.26. The third-order valence-corrected chi connectivity index (χ3v) is 7.97. The molecular formula is C21H29ClN5O9P. The van der Waals surface area contributed by atoms with Crippen molar-refractivity contribution >= 4 is 42.4 Å². The van der Waals surface area contributed by atoms with Crippen molar-refractivity contribution in [2.45, 2.75) is 74.4 Å². The molecule has 4 rings (SSSR count). The summed E-state index contributed by atoms with van der Waals surface area (Å²) in [7, 11) is -2.03. The van der Waals surface area contributed by atoms with Crippen molar-refractivity contribution in [3.05, 3.63) is 11.5 Å².